The van der Waals surface area contributed by atoms with Crippen molar-refractivity contribution >= 4 is 17.9 Å². The van der Waals surface area contributed by atoms with Gasteiger partial charge in [0.25, 0.3) is 0 Å². The molecule has 0 amide bonds. The molecule has 2 aliphatic carbocycles. The van der Waals surface area contributed by atoms with E-state index in [-0.39, 0.29) is 43.6 Å². The Labute approximate surface area is 422 Å². The predicted molar refractivity (Wildman–Crippen MR) is 277 cm³/mol. The highest BCUT2D eigenvalue weighted by Gasteiger charge is 2.43. The van der Waals surface area contributed by atoms with Crippen LogP contribution in [0.25, 0.3) is 0 Å². The number of ether oxygens (including phenoxy) is 12. The van der Waals surface area contributed by atoms with Crippen molar-refractivity contribution in [1.29, 1.82) is 0 Å². The van der Waals surface area contributed by atoms with Gasteiger partial charge in [-0.25, -0.2) is 0 Å². The summed E-state index contributed by atoms with van der Waals surface area (Å²) in [5.41, 5.74) is 0. The average molecular weight is 989 g/mol. The number of carbonyl (C=O) groups excluding carboxylic acids is 3. The Kier molecular flexibility index (Phi) is 52.0. The minimum absolute atomic E-state index is 0. The lowest BCUT2D eigenvalue weighted by atomic mass is 9.68. The van der Waals surface area contributed by atoms with Crippen molar-refractivity contribution in [3.63, 3.8) is 0 Å². The smallest absolute Gasteiger partial charge is 0.308 e. The number of hydrogen-bond acceptors (Lipinski definition) is 15. The van der Waals surface area contributed by atoms with E-state index in [1.54, 1.807) is 56.5 Å². The van der Waals surface area contributed by atoms with Gasteiger partial charge in [-0.15, -0.1) is 0 Å². The highest BCUT2D eigenvalue weighted by atomic mass is 16.7. The molecule has 0 aromatic carbocycles. The fourth-order valence-electron chi connectivity index (χ4n) is 7.15. The Morgan fingerprint density at radius 3 is 0.970 bits per heavy atom. The second-order valence-electron chi connectivity index (χ2n) is 18.4. The summed E-state index contributed by atoms with van der Waals surface area (Å²) in [7, 11) is 12.4. The Balaban J connectivity index is -0.0000000937. The first-order valence-electron chi connectivity index (χ1n) is 27.6. The number of rotatable bonds is 13. The zero-order valence-corrected chi connectivity index (χ0v) is 47.2. The van der Waals surface area contributed by atoms with Crippen LogP contribution in [0.1, 0.15) is 171 Å². The van der Waals surface area contributed by atoms with Gasteiger partial charge >= 0.3 is 17.9 Å². The van der Waals surface area contributed by atoms with Crippen LogP contribution in [0, 0.1) is 41.4 Å². The van der Waals surface area contributed by atoms with Gasteiger partial charge in [0.1, 0.15) is 20.4 Å². The SMILES string of the molecule is CC(=O)OC(C)C.CC(C1CCCCC1)C(C)C1CCCCC1.CC1COC2C(C)COC12.COC.COC(=O)C(C)C.COC(C)=O.COCOC.COCOC(C)C.COCOC(C)C.[2HH].[2H][2H].[2H][2H].[2H][2H]. The van der Waals surface area contributed by atoms with Gasteiger partial charge in [0.2, 0.25) is 0 Å². The van der Waals surface area contributed by atoms with Gasteiger partial charge in [-0.3, -0.25) is 14.4 Å². The van der Waals surface area contributed by atoms with E-state index < -0.39 is 0 Å². The van der Waals surface area contributed by atoms with Gasteiger partial charge in [0, 0.05) is 78.7 Å². The second-order valence-corrected chi connectivity index (χ2v) is 18.4. The molecule has 4 aliphatic rings. The number of methoxy groups -OCH3 is 7. The van der Waals surface area contributed by atoms with Crippen molar-refractivity contribution < 1.29 is 81.6 Å². The highest BCUT2D eigenvalue weighted by Crippen LogP contribution is 2.40. The number of hydrogen-bond donors (Lipinski definition) is 0. The number of fused-ring (bicyclic) bond motifs is 1. The highest BCUT2D eigenvalue weighted by molar-refractivity contribution is 5.71. The molecule has 0 radical (unpaired) electrons. The third kappa shape index (κ3) is 50.3. The van der Waals surface area contributed by atoms with Crippen molar-refractivity contribution in [3.05, 3.63) is 0 Å². The van der Waals surface area contributed by atoms with Gasteiger partial charge in [-0.2, -0.15) is 0 Å². The normalized spacial score (nSPS) is 20.7. The van der Waals surface area contributed by atoms with E-state index in [1.165, 1.54) is 92.3 Å². The van der Waals surface area contributed by atoms with Crippen LogP contribution in [0.5, 0.6) is 0 Å². The Morgan fingerprint density at radius 2 is 0.821 bits per heavy atom. The molecule has 4 rings (SSSR count). The van der Waals surface area contributed by atoms with Gasteiger partial charge in [0.05, 0.1) is 63.9 Å². The molecule has 15 heteroatoms. The van der Waals surface area contributed by atoms with E-state index in [9.17, 15) is 14.4 Å². The summed E-state index contributed by atoms with van der Waals surface area (Å²) in [6.07, 6.45) is 16.5. The molecule has 6 unspecified atom stereocenters. The molecular formula is C52H116O15. The molecule has 15 nitrogen and oxygen atoms in total. The zero-order chi connectivity index (χ0) is 58.8. The first kappa shape index (κ1) is 67.1. The molecule has 4 fully saturated rings. The minimum atomic E-state index is -0.245. The number of carbonyl (C=O) groups is 3. The van der Waals surface area contributed by atoms with Gasteiger partial charge < -0.3 is 56.8 Å². The third-order valence-electron chi connectivity index (χ3n) is 10.8. The summed E-state index contributed by atoms with van der Waals surface area (Å²) in [6, 6.07) is 0. The topological polar surface area (TPSA) is 162 Å². The van der Waals surface area contributed by atoms with E-state index in [4.69, 9.17) is 27.9 Å². The maximum atomic E-state index is 10.3. The lowest BCUT2D eigenvalue weighted by molar-refractivity contribution is -0.145. The van der Waals surface area contributed by atoms with E-state index >= 15 is 0 Å². The summed E-state index contributed by atoms with van der Waals surface area (Å²) in [6.45, 7) is 30.3. The lowest BCUT2D eigenvalue weighted by Crippen LogP contribution is -2.27. The summed E-state index contributed by atoms with van der Waals surface area (Å²) < 4.78 is 86.6. The quantitative estimate of drug-likeness (QED) is 0.0972. The average Bonchev–Trinajstić information content (AvgIpc) is 3.96. The molecule has 414 valence electrons. The van der Waals surface area contributed by atoms with Gasteiger partial charge in [-0.1, -0.05) is 106 Å². The molecule has 6 atom stereocenters. The predicted octanol–water partition coefficient (Wildman–Crippen LogP) is 11.9. The molecule has 0 spiro atoms. The molecule has 2 saturated carbocycles. The van der Waals surface area contributed by atoms with Crippen molar-refractivity contribution in [2.75, 3.05) is 90.5 Å². The minimum Gasteiger partial charge on any atom is -0.469 e. The lowest BCUT2D eigenvalue weighted by Gasteiger charge is -2.37. The maximum Gasteiger partial charge on any atom is 0.308 e. The second kappa shape index (κ2) is 51.9. The van der Waals surface area contributed by atoms with Crippen LogP contribution in [-0.2, 0) is 71.2 Å². The Morgan fingerprint density at radius 1 is 0.507 bits per heavy atom. The van der Waals surface area contributed by atoms with Crippen LogP contribution >= 0.6 is 0 Å². The third-order valence-corrected chi connectivity index (χ3v) is 10.8. The molecule has 2 saturated heterocycles. The van der Waals surface area contributed by atoms with Crippen LogP contribution in [0.15, 0.2) is 0 Å². The first-order chi connectivity index (χ1) is 34.5. The van der Waals surface area contributed by atoms with Crippen LogP contribution < -0.4 is 0 Å². The molecule has 2 heterocycles. The molecule has 0 N–H and O–H groups in total. The monoisotopic (exact) mass is 988 g/mol. The van der Waals surface area contributed by atoms with Crippen LogP contribution in [0.2, 0.25) is 0 Å². The number of esters is 3. The summed E-state index contributed by atoms with van der Waals surface area (Å²) in [5, 5.41) is 0. The van der Waals surface area contributed by atoms with E-state index in [0.29, 0.717) is 44.4 Å². The largest absolute Gasteiger partial charge is 0.469 e. The van der Waals surface area contributed by atoms with Crippen molar-refractivity contribution in [2.45, 2.75) is 192 Å². The molecule has 0 aromatic heterocycles. The molecular weight excluding hydrogens is 865 g/mol. The molecule has 67 heavy (non-hydrogen) atoms. The van der Waals surface area contributed by atoms with E-state index in [0.717, 1.165) is 36.9 Å². The Hall–Kier alpha value is -1.95. The standard InChI is InChI=1S/C16H30.C8H14O2.2C5H12O2.2C5H10O2.C3H8O2.C3H6O2.C2H6O.4H2/c1-13(15-9-5-3-6-10-15)14(2)16-11-7-4-8-12-16;1-5-3-9-8-6(2)4-10-7(5)8;2*1-5(2)7-4-6-3;1-4(2)5(6)7-3;1-4(2)7-5(3)6;1-4-3-5-2;1-3(4)5-2;1-3-2;;;;/h13-16H,3-12H2,1-2H3;5-8H,3-4H2,1-2H3;2*5H,4H2,1-3H3;2*4H,1-3H3;3H2,1-2H3;1-2H3;1-2H3;4*1H/i;;;;;;;;;3*1+1D;1+1. The molecule has 0 aromatic rings. The van der Waals surface area contributed by atoms with Crippen molar-refractivity contribution in [2.24, 2.45) is 41.4 Å². The summed E-state index contributed by atoms with van der Waals surface area (Å²) in [5.74, 6) is 4.71. The fraction of sp³-hybridized carbons (Fsp3) is 0.942. The van der Waals surface area contributed by atoms with E-state index in [2.05, 4.69) is 65.6 Å². The van der Waals surface area contributed by atoms with Crippen LogP contribution in [0.4, 0.5) is 0 Å². The maximum absolute atomic E-state index is 10.3. The fourth-order valence-corrected chi connectivity index (χ4v) is 7.15. The summed E-state index contributed by atoms with van der Waals surface area (Å²) in [4.78, 5) is 29.9. The van der Waals surface area contributed by atoms with E-state index in [1.807, 2.05) is 41.5 Å². The van der Waals surface area contributed by atoms with Gasteiger partial charge in [0.15, 0.2) is 0 Å². The van der Waals surface area contributed by atoms with Crippen molar-refractivity contribution in [3.8, 4) is 0 Å². The van der Waals surface area contributed by atoms with Crippen molar-refractivity contribution in [1.82, 2.24) is 0 Å². The summed E-state index contributed by atoms with van der Waals surface area (Å²) >= 11 is 0. The molecule has 2 aliphatic heterocycles. The Bertz CT molecular complexity index is 1030. The van der Waals surface area contributed by atoms with Crippen LogP contribution in [-0.4, -0.2) is 139 Å². The van der Waals surface area contributed by atoms with Gasteiger partial charge in [-0.05, 0) is 65.2 Å². The molecule has 0 bridgehead atoms. The first-order valence-corrected chi connectivity index (χ1v) is 24.6. The zero-order valence-electron chi connectivity index (χ0n) is 53.2. The van der Waals surface area contributed by atoms with Crippen LogP contribution in [0.3, 0.4) is 0 Å².